The molecule has 68 valence electrons. The molecule has 0 aromatic carbocycles. The van der Waals surface area contributed by atoms with E-state index >= 15 is 0 Å². The molecule has 3 nitrogen and oxygen atoms in total. The molecule has 13 heavy (non-hydrogen) atoms. The first-order valence-electron chi connectivity index (χ1n) is 3.45. The van der Waals surface area contributed by atoms with Crippen molar-refractivity contribution in [1.82, 2.24) is 15.0 Å². The molecule has 0 amide bonds. The van der Waals surface area contributed by atoms with Crippen LogP contribution in [0, 0.1) is 0 Å². The van der Waals surface area contributed by atoms with Gasteiger partial charge >= 0.3 is 6.18 Å². The standard InChI is InChI=1S/C7H4F3N3/c8-7(9,10)5-2-1-4-6(13-5)12-3-11-4/h1-3H,(H,11,12,13). The van der Waals surface area contributed by atoms with Crippen molar-refractivity contribution in [2.45, 2.75) is 6.18 Å². The molecule has 0 aliphatic carbocycles. The fourth-order valence-electron chi connectivity index (χ4n) is 0.983. The quantitative estimate of drug-likeness (QED) is 0.685. The summed E-state index contributed by atoms with van der Waals surface area (Å²) in [5, 5.41) is 0. The Bertz CT molecular complexity index is 432. The van der Waals surface area contributed by atoms with Gasteiger partial charge in [0.15, 0.2) is 5.65 Å². The summed E-state index contributed by atoms with van der Waals surface area (Å²) < 4.78 is 36.4. The van der Waals surface area contributed by atoms with Crippen LogP contribution in [0.4, 0.5) is 13.2 Å². The van der Waals surface area contributed by atoms with Crippen LogP contribution in [0.2, 0.25) is 0 Å². The van der Waals surface area contributed by atoms with Crippen LogP contribution in [-0.2, 0) is 6.18 Å². The number of hydrogen-bond acceptors (Lipinski definition) is 2. The van der Waals surface area contributed by atoms with E-state index in [1.54, 1.807) is 0 Å². The molecule has 0 fully saturated rings. The van der Waals surface area contributed by atoms with Gasteiger partial charge in [-0.15, -0.1) is 0 Å². The third-order valence-corrected chi connectivity index (χ3v) is 1.57. The smallest absolute Gasteiger partial charge is 0.329 e. The Morgan fingerprint density at radius 1 is 1.23 bits per heavy atom. The first-order chi connectivity index (χ1) is 6.07. The number of aromatic amines is 1. The first-order valence-corrected chi connectivity index (χ1v) is 3.45. The molecular formula is C7H4F3N3. The number of halogens is 3. The fourth-order valence-corrected chi connectivity index (χ4v) is 0.983. The lowest BCUT2D eigenvalue weighted by Gasteiger charge is -2.03. The maximum Gasteiger partial charge on any atom is 0.433 e. The number of hydrogen-bond donors (Lipinski definition) is 1. The van der Waals surface area contributed by atoms with Crippen molar-refractivity contribution in [2.75, 3.05) is 0 Å². The Balaban J connectivity index is 2.61. The lowest BCUT2D eigenvalue weighted by Crippen LogP contribution is -2.07. The summed E-state index contributed by atoms with van der Waals surface area (Å²) >= 11 is 0. The van der Waals surface area contributed by atoms with Crippen LogP contribution < -0.4 is 0 Å². The number of H-pyrrole nitrogens is 1. The van der Waals surface area contributed by atoms with Crippen molar-refractivity contribution >= 4 is 11.2 Å². The SMILES string of the molecule is FC(F)(F)c1ccc2nc[nH]c2n1. The van der Waals surface area contributed by atoms with Gasteiger partial charge in [-0.25, -0.2) is 9.97 Å². The molecule has 0 aliphatic rings. The molecule has 0 saturated carbocycles. The van der Waals surface area contributed by atoms with Crippen LogP contribution in [0.15, 0.2) is 18.5 Å². The van der Waals surface area contributed by atoms with Gasteiger partial charge in [-0.05, 0) is 12.1 Å². The lowest BCUT2D eigenvalue weighted by atomic mass is 10.3. The zero-order valence-electron chi connectivity index (χ0n) is 6.26. The van der Waals surface area contributed by atoms with E-state index in [-0.39, 0.29) is 5.65 Å². The third-order valence-electron chi connectivity index (χ3n) is 1.57. The summed E-state index contributed by atoms with van der Waals surface area (Å²) in [6, 6.07) is 2.19. The Hall–Kier alpha value is -1.59. The average molecular weight is 187 g/mol. The van der Waals surface area contributed by atoms with Crippen molar-refractivity contribution in [3.63, 3.8) is 0 Å². The molecule has 2 heterocycles. The fraction of sp³-hybridized carbons (Fsp3) is 0.143. The van der Waals surface area contributed by atoms with Gasteiger partial charge in [0.05, 0.1) is 6.33 Å². The highest BCUT2D eigenvalue weighted by Crippen LogP contribution is 2.28. The largest absolute Gasteiger partial charge is 0.433 e. The second-order valence-corrected chi connectivity index (χ2v) is 2.46. The maximum atomic E-state index is 12.1. The van der Waals surface area contributed by atoms with E-state index < -0.39 is 11.9 Å². The van der Waals surface area contributed by atoms with Crippen molar-refractivity contribution in [1.29, 1.82) is 0 Å². The van der Waals surface area contributed by atoms with E-state index in [4.69, 9.17) is 0 Å². The van der Waals surface area contributed by atoms with E-state index in [1.807, 2.05) is 0 Å². The van der Waals surface area contributed by atoms with Crippen LogP contribution in [0.5, 0.6) is 0 Å². The summed E-state index contributed by atoms with van der Waals surface area (Å²) in [5.41, 5.74) is -0.341. The topological polar surface area (TPSA) is 41.6 Å². The molecule has 0 spiro atoms. The van der Waals surface area contributed by atoms with Crippen LogP contribution in [-0.4, -0.2) is 15.0 Å². The zero-order valence-corrected chi connectivity index (χ0v) is 6.26. The van der Waals surface area contributed by atoms with Gasteiger partial charge in [0.2, 0.25) is 0 Å². The molecule has 0 radical (unpaired) electrons. The predicted octanol–water partition coefficient (Wildman–Crippen LogP) is 1.98. The van der Waals surface area contributed by atoms with E-state index in [1.165, 1.54) is 12.4 Å². The van der Waals surface area contributed by atoms with Gasteiger partial charge in [0.25, 0.3) is 0 Å². The summed E-state index contributed by atoms with van der Waals surface area (Å²) in [4.78, 5) is 9.63. The van der Waals surface area contributed by atoms with Crippen molar-refractivity contribution in [3.8, 4) is 0 Å². The second kappa shape index (κ2) is 2.45. The molecule has 1 N–H and O–H groups in total. The van der Waals surface area contributed by atoms with Crippen LogP contribution in [0.1, 0.15) is 5.69 Å². The van der Waals surface area contributed by atoms with Crippen LogP contribution >= 0.6 is 0 Å². The van der Waals surface area contributed by atoms with E-state index in [9.17, 15) is 13.2 Å². The van der Waals surface area contributed by atoms with Gasteiger partial charge in [0.1, 0.15) is 11.2 Å². The molecule has 2 aromatic rings. The lowest BCUT2D eigenvalue weighted by molar-refractivity contribution is -0.141. The number of pyridine rings is 1. The van der Waals surface area contributed by atoms with Gasteiger partial charge in [-0.3, -0.25) is 0 Å². The van der Waals surface area contributed by atoms with Crippen LogP contribution in [0.25, 0.3) is 11.2 Å². The second-order valence-electron chi connectivity index (χ2n) is 2.46. The molecule has 2 aromatic heterocycles. The highest BCUT2D eigenvalue weighted by molar-refractivity contribution is 5.69. The highest BCUT2D eigenvalue weighted by Gasteiger charge is 2.32. The van der Waals surface area contributed by atoms with E-state index in [2.05, 4.69) is 15.0 Å². The summed E-state index contributed by atoms with van der Waals surface area (Å²) in [6.45, 7) is 0. The Labute approximate surface area is 70.6 Å². The van der Waals surface area contributed by atoms with Crippen molar-refractivity contribution in [3.05, 3.63) is 24.2 Å². The Morgan fingerprint density at radius 3 is 2.69 bits per heavy atom. The number of nitrogens with one attached hydrogen (secondary N) is 1. The Morgan fingerprint density at radius 2 is 2.00 bits per heavy atom. The monoisotopic (exact) mass is 187 g/mol. The molecule has 2 rings (SSSR count). The molecule has 0 saturated heterocycles. The van der Waals surface area contributed by atoms with E-state index in [0.29, 0.717) is 5.52 Å². The number of fused-ring (bicyclic) bond motifs is 1. The highest BCUT2D eigenvalue weighted by atomic mass is 19.4. The van der Waals surface area contributed by atoms with Crippen molar-refractivity contribution < 1.29 is 13.2 Å². The summed E-state index contributed by atoms with van der Waals surface area (Å²) in [7, 11) is 0. The minimum atomic E-state index is -4.40. The summed E-state index contributed by atoms with van der Waals surface area (Å²) in [5.74, 6) is 0. The van der Waals surface area contributed by atoms with Gasteiger partial charge in [-0.2, -0.15) is 13.2 Å². The molecule has 0 atom stereocenters. The number of nitrogens with zero attached hydrogens (tertiary/aromatic N) is 2. The predicted molar refractivity (Wildman–Crippen MR) is 38.9 cm³/mol. The normalized spacial score (nSPS) is 12.2. The number of aromatic nitrogens is 3. The van der Waals surface area contributed by atoms with Crippen LogP contribution in [0.3, 0.4) is 0 Å². The number of alkyl halides is 3. The van der Waals surface area contributed by atoms with Gasteiger partial charge < -0.3 is 4.98 Å². The molecular weight excluding hydrogens is 183 g/mol. The number of rotatable bonds is 0. The Kier molecular flexibility index (Phi) is 1.51. The van der Waals surface area contributed by atoms with Gasteiger partial charge in [-0.1, -0.05) is 0 Å². The van der Waals surface area contributed by atoms with E-state index in [0.717, 1.165) is 6.07 Å². The first kappa shape index (κ1) is 8.03. The minimum Gasteiger partial charge on any atom is -0.329 e. The maximum absolute atomic E-state index is 12.1. The zero-order chi connectivity index (χ0) is 9.47. The number of imidazole rings is 1. The van der Waals surface area contributed by atoms with Gasteiger partial charge in [0, 0.05) is 0 Å². The molecule has 0 bridgehead atoms. The molecule has 6 heteroatoms. The summed E-state index contributed by atoms with van der Waals surface area (Å²) in [6.07, 6.45) is -3.10. The molecule has 0 unspecified atom stereocenters. The average Bonchev–Trinajstić information content (AvgIpc) is 2.47. The minimum absolute atomic E-state index is 0.148. The molecule has 0 aliphatic heterocycles. The van der Waals surface area contributed by atoms with Crippen molar-refractivity contribution in [2.24, 2.45) is 0 Å². The third kappa shape index (κ3) is 1.34.